The van der Waals surface area contributed by atoms with Gasteiger partial charge in [-0.05, 0) is 50.6 Å². The molecule has 1 N–H and O–H groups in total. The lowest BCUT2D eigenvalue weighted by Crippen LogP contribution is -2.38. The molecule has 0 spiro atoms. The van der Waals surface area contributed by atoms with Crippen molar-refractivity contribution in [2.45, 2.75) is 32.2 Å². The highest BCUT2D eigenvalue weighted by Crippen LogP contribution is 2.31. The molecule has 144 valence electrons. The van der Waals surface area contributed by atoms with Crippen LogP contribution in [-0.4, -0.2) is 47.5 Å². The first-order valence-corrected chi connectivity index (χ1v) is 9.26. The molecule has 1 aromatic heterocycles. The third-order valence-electron chi connectivity index (χ3n) is 4.80. The van der Waals surface area contributed by atoms with Crippen LogP contribution in [-0.2, 0) is 0 Å². The van der Waals surface area contributed by atoms with Gasteiger partial charge in [-0.3, -0.25) is 9.69 Å². The first-order valence-electron chi connectivity index (χ1n) is 9.26. The number of piperidine rings is 1. The van der Waals surface area contributed by atoms with E-state index in [1.54, 1.807) is 25.4 Å². The fourth-order valence-corrected chi connectivity index (χ4v) is 3.43. The van der Waals surface area contributed by atoms with Gasteiger partial charge in [0, 0.05) is 19.8 Å². The predicted octanol–water partition coefficient (Wildman–Crippen LogP) is 2.89. The summed E-state index contributed by atoms with van der Waals surface area (Å²) in [4.78, 5) is 23.4. The number of likely N-dealkylation sites (tertiary alicyclic amines) is 1. The fraction of sp³-hybridized carbons (Fsp3) is 0.450. The van der Waals surface area contributed by atoms with Crippen molar-refractivity contribution < 1.29 is 13.9 Å². The molecule has 1 aromatic carbocycles. The van der Waals surface area contributed by atoms with Gasteiger partial charge in [0.1, 0.15) is 24.0 Å². The highest BCUT2D eigenvalue weighted by molar-refractivity contribution is 5.94. The van der Waals surface area contributed by atoms with Gasteiger partial charge in [-0.1, -0.05) is 6.42 Å². The van der Waals surface area contributed by atoms with Crippen molar-refractivity contribution >= 4 is 5.91 Å². The lowest BCUT2D eigenvalue weighted by atomic mass is 9.96. The molecule has 3 rings (SSSR count). The Morgan fingerprint density at radius 2 is 2.11 bits per heavy atom. The van der Waals surface area contributed by atoms with Gasteiger partial charge in [0.2, 0.25) is 0 Å². The second kappa shape index (κ2) is 8.90. The summed E-state index contributed by atoms with van der Waals surface area (Å²) >= 11 is 0. The van der Waals surface area contributed by atoms with Crippen molar-refractivity contribution in [2.75, 3.05) is 26.7 Å². The summed E-state index contributed by atoms with van der Waals surface area (Å²) in [5.41, 5.74) is 1.31. The molecule has 27 heavy (non-hydrogen) atoms. The van der Waals surface area contributed by atoms with E-state index in [1.807, 2.05) is 6.92 Å². The Labute approximate surface area is 158 Å². The lowest BCUT2D eigenvalue weighted by molar-refractivity contribution is 0.0947. The molecule has 1 atom stereocenters. The molecule has 0 bridgehead atoms. The summed E-state index contributed by atoms with van der Waals surface area (Å²) < 4.78 is 18.7. The topological polar surface area (TPSA) is 67.4 Å². The molecule has 1 saturated heterocycles. The van der Waals surface area contributed by atoms with Crippen molar-refractivity contribution in [1.29, 1.82) is 0 Å². The van der Waals surface area contributed by atoms with Crippen LogP contribution in [0.15, 0.2) is 30.5 Å². The lowest BCUT2D eigenvalue weighted by Gasteiger charge is -2.35. The maximum absolute atomic E-state index is 13.0. The number of carbonyl (C=O) groups excluding carboxylic acids is 1. The second-order valence-electron chi connectivity index (χ2n) is 6.65. The quantitative estimate of drug-likeness (QED) is 0.845. The van der Waals surface area contributed by atoms with E-state index in [2.05, 4.69) is 20.2 Å². The van der Waals surface area contributed by atoms with E-state index in [0.29, 0.717) is 30.3 Å². The third-order valence-corrected chi connectivity index (χ3v) is 4.80. The zero-order valence-corrected chi connectivity index (χ0v) is 15.7. The van der Waals surface area contributed by atoms with Crippen molar-refractivity contribution in [2.24, 2.45) is 0 Å². The maximum Gasteiger partial charge on any atom is 0.254 e. The predicted molar refractivity (Wildman–Crippen MR) is 100 cm³/mol. The molecular formula is C20H25FN4O2. The first kappa shape index (κ1) is 19.2. The number of aromatic nitrogens is 2. The molecule has 1 unspecified atom stereocenters. The summed E-state index contributed by atoms with van der Waals surface area (Å²) in [5.74, 6) is 0.858. The summed E-state index contributed by atoms with van der Waals surface area (Å²) in [6, 6.07) is 6.09. The van der Waals surface area contributed by atoms with E-state index >= 15 is 0 Å². The zero-order valence-electron chi connectivity index (χ0n) is 15.7. The maximum atomic E-state index is 13.0. The van der Waals surface area contributed by atoms with Crippen LogP contribution in [0.2, 0.25) is 0 Å². The molecule has 2 heterocycles. The SMILES string of the molecule is CNC(=O)c1cnc(C)nc1C1CCCCN1CCOc1ccc(F)cc1. The largest absolute Gasteiger partial charge is 0.492 e. The average molecular weight is 372 g/mol. The molecule has 7 heteroatoms. The van der Waals surface area contributed by atoms with Gasteiger partial charge in [0.15, 0.2) is 0 Å². The van der Waals surface area contributed by atoms with E-state index in [-0.39, 0.29) is 17.8 Å². The Morgan fingerprint density at radius 1 is 1.33 bits per heavy atom. The van der Waals surface area contributed by atoms with Gasteiger partial charge >= 0.3 is 0 Å². The molecule has 0 radical (unpaired) electrons. The summed E-state index contributed by atoms with van der Waals surface area (Å²) in [7, 11) is 1.61. The van der Waals surface area contributed by atoms with Crippen LogP contribution in [0, 0.1) is 12.7 Å². The minimum Gasteiger partial charge on any atom is -0.492 e. The smallest absolute Gasteiger partial charge is 0.254 e. The third kappa shape index (κ3) is 4.80. The molecule has 0 aliphatic carbocycles. The molecule has 1 aliphatic rings. The van der Waals surface area contributed by atoms with E-state index in [9.17, 15) is 9.18 Å². The Morgan fingerprint density at radius 3 is 2.85 bits per heavy atom. The van der Waals surface area contributed by atoms with Crippen molar-refractivity contribution in [3.8, 4) is 5.75 Å². The number of hydrogen-bond acceptors (Lipinski definition) is 5. The molecule has 1 fully saturated rings. The number of rotatable bonds is 6. The summed E-state index contributed by atoms with van der Waals surface area (Å²) in [5, 5.41) is 2.67. The van der Waals surface area contributed by atoms with E-state index in [0.717, 1.165) is 31.5 Å². The number of halogens is 1. The van der Waals surface area contributed by atoms with Crippen molar-refractivity contribution in [3.63, 3.8) is 0 Å². The number of amides is 1. The van der Waals surface area contributed by atoms with Crippen LogP contribution in [0.5, 0.6) is 5.75 Å². The number of nitrogens with one attached hydrogen (secondary N) is 1. The highest BCUT2D eigenvalue weighted by Gasteiger charge is 2.29. The second-order valence-corrected chi connectivity index (χ2v) is 6.65. The van der Waals surface area contributed by atoms with Crippen LogP contribution in [0.25, 0.3) is 0 Å². The van der Waals surface area contributed by atoms with Crippen LogP contribution in [0.1, 0.15) is 47.2 Å². The normalized spacial score (nSPS) is 17.5. The number of carbonyl (C=O) groups is 1. The molecule has 1 amide bonds. The van der Waals surface area contributed by atoms with E-state index in [4.69, 9.17) is 4.74 Å². The van der Waals surface area contributed by atoms with E-state index in [1.165, 1.54) is 12.1 Å². The Balaban J connectivity index is 1.72. The van der Waals surface area contributed by atoms with E-state index < -0.39 is 0 Å². The molecule has 0 saturated carbocycles. The number of benzene rings is 1. The average Bonchev–Trinajstić information content (AvgIpc) is 2.69. The molecule has 6 nitrogen and oxygen atoms in total. The van der Waals surface area contributed by atoms with Gasteiger partial charge in [0.05, 0.1) is 17.3 Å². The van der Waals surface area contributed by atoms with Gasteiger partial charge < -0.3 is 10.1 Å². The molecule has 2 aromatic rings. The van der Waals surface area contributed by atoms with Crippen LogP contribution >= 0.6 is 0 Å². The van der Waals surface area contributed by atoms with Crippen LogP contribution in [0.4, 0.5) is 4.39 Å². The van der Waals surface area contributed by atoms with Gasteiger partial charge in [-0.25, -0.2) is 14.4 Å². The van der Waals surface area contributed by atoms with Gasteiger partial charge in [-0.2, -0.15) is 0 Å². The Hall–Kier alpha value is -2.54. The molecule has 1 aliphatic heterocycles. The van der Waals surface area contributed by atoms with Crippen molar-refractivity contribution in [3.05, 3.63) is 53.4 Å². The fourth-order valence-electron chi connectivity index (χ4n) is 3.43. The Bertz CT molecular complexity index is 782. The number of ether oxygens (including phenoxy) is 1. The van der Waals surface area contributed by atoms with Crippen LogP contribution < -0.4 is 10.1 Å². The number of aryl methyl sites for hydroxylation is 1. The first-order chi connectivity index (χ1) is 13.1. The highest BCUT2D eigenvalue weighted by atomic mass is 19.1. The van der Waals surface area contributed by atoms with Gasteiger partial charge in [-0.15, -0.1) is 0 Å². The van der Waals surface area contributed by atoms with Crippen molar-refractivity contribution in [1.82, 2.24) is 20.2 Å². The van der Waals surface area contributed by atoms with Crippen LogP contribution in [0.3, 0.4) is 0 Å². The minimum absolute atomic E-state index is 0.0598. The summed E-state index contributed by atoms with van der Waals surface area (Å²) in [6.07, 6.45) is 4.75. The Kier molecular flexibility index (Phi) is 6.34. The number of hydrogen-bond donors (Lipinski definition) is 1. The minimum atomic E-state index is -0.278. The summed E-state index contributed by atoms with van der Waals surface area (Å²) in [6.45, 7) is 3.95. The standard InChI is InChI=1S/C20H25FN4O2/c1-14-23-13-17(20(26)22-2)19(24-14)18-5-3-4-10-25(18)11-12-27-16-8-6-15(21)7-9-16/h6-9,13,18H,3-5,10-12H2,1-2H3,(H,22,26). The molecular weight excluding hydrogens is 347 g/mol. The number of nitrogens with zero attached hydrogens (tertiary/aromatic N) is 3. The zero-order chi connectivity index (χ0) is 19.2. The monoisotopic (exact) mass is 372 g/mol. The van der Waals surface area contributed by atoms with Gasteiger partial charge in [0.25, 0.3) is 5.91 Å².